The van der Waals surface area contributed by atoms with E-state index in [0.717, 1.165) is 82.4 Å². The number of aromatic nitrogens is 3. The average Bonchev–Trinajstić information content (AvgIpc) is 3.08. The van der Waals surface area contributed by atoms with Crippen LogP contribution in [0.5, 0.6) is 6.01 Å². The highest BCUT2D eigenvalue weighted by Gasteiger charge is 2.22. The van der Waals surface area contributed by atoms with Crippen molar-refractivity contribution in [1.29, 1.82) is 5.26 Å². The Morgan fingerprint density at radius 2 is 1.87 bits per heavy atom. The summed E-state index contributed by atoms with van der Waals surface area (Å²) in [5, 5.41) is 12.2. The van der Waals surface area contributed by atoms with E-state index in [0.29, 0.717) is 38.2 Å². The zero-order valence-corrected chi connectivity index (χ0v) is 29.0. The minimum Gasteiger partial charge on any atom is -0.463 e. The molecule has 250 valence electrons. The van der Waals surface area contributed by atoms with E-state index in [1.54, 1.807) is 6.08 Å². The third kappa shape index (κ3) is 12.0. The van der Waals surface area contributed by atoms with Crippen LogP contribution in [-0.4, -0.2) is 47.9 Å². The van der Waals surface area contributed by atoms with Gasteiger partial charge in [-0.3, -0.25) is 4.98 Å². The van der Waals surface area contributed by atoms with E-state index in [1.807, 2.05) is 12.4 Å². The Morgan fingerprint density at radius 3 is 2.63 bits per heavy atom. The van der Waals surface area contributed by atoms with Crippen LogP contribution < -0.4 is 9.64 Å². The normalized spacial score (nSPS) is 12.5. The molecule has 0 saturated carbocycles. The van der Waals surface area contributed by atoms with Crippen molar-refractivity contribution < 1.29 is 9.47 Å². The molecule has 1 unspecified atom stereocenters. The van der Waals surface area contributed by atoms with Crippen molar-refractivity contribution >= 4 is 16.6 Å². The smallest absolute Gasteiger partial charge is 0.318 e. The number of ether oxygens (including phenoxy) is 2. The average molecular weight is 628 g/mol. The molecule has 0 fully saturated rings. The fourth-order valence-corrected chi connectivity index (χ4v) is 6.14. The molecule has 0 spiro atoms. The highest BCUT2D eigenvalue weighted by Crippen LogP contribution is 2.29. The van der Waals surface area contributed by atoms with Crippen molar-refractivity contribution in [2.75, 3.05) is 37.8 Å². The van der Waals surface area contributed by atoms with Gasteiger partial charge in [0.2, 0.25) is 0 Å². The molecular weight excluding hydrogens is 570 g/mol. The number of aryl methyl sites for hydroxylation is 2. The first-order valence-corrected chi connectivity index (χ1v) is 17.7. The molecule has 3 aromatic rings. The van der Waals surface area contributed by atoms with Crippen LogP contribution in [0.1, 0.15) is 102 Å². The van der Waals surface area contributed by atoms with Crippen LogP contribution in [0.25, 0.3) is 10.8 Å². The Labute approximate surface area is 278 Å². The SMILES string of the molecule is C=CCOCCCC(CC#N)CN(CCC)c1nc(OC[C@@H](C)CCCC)nc(CC)c1CCCCc1cccc2cnccc12. The summed E-state index contributed by atoms with van der Waals surface area (Å²) in [6.07, 6.45) is 17.4. The maximum absolute atomic E-state index is 9.70. The van der Waals surface area contributed by atoms with Crippen LogP contribution in [0, 0.1) is 23.2 Å². The Kier molecular flexibility index (Phi) is 17.1. The Hall–Kier alpha value is -3.50. The van der Waals surface area contributed by atoms with E-state index in [1.165, 1.54) is 34.7 Å². The monoisotopic (exact) mass is 627 g/mol. The first kappa shape index (κ1) is 37.0. The number of nitrogens with zero attached hydrogens (tertiary/aromatic N) is 5. The van der Waals surface area contributed by atoms with Crippen molar-refractivity contribution in [3.8, 4) is 12.1 Å². The van der Waals surface area contributed by atoms with Crippen molar-refractivity contribution in [3.05, 3.63) is 66.1 Å². The van der Waals surface area contributed by atoms with Gasteiger partial charge < -0.3 is 14.4 Å². The zero-order valence-electron chi connectivity index (χ0n) is 29.0. The number of rotatable bonds is 24. The summed E-state index contributed by atoms with van der Waals surface area (Å²) in [6, 6.07) is 11.6. The molecule has 0 N–H and O–H groups in total. The molecule has 1 aromatic carbocycles. The van der Waals surface area contributed by atoms with Gasteiger partial charge in [-0.1, -0.05) is 64.8 Å². The van der Waals surface area contributed by atoms with Crippen molar-refractivity contribution in [2.45, 2.75) is 105 Å². The summed E-state index contributed by atoms with van der Waals surface area (Å²) in [7, 11) is 0. The lowest BCUT2D eigenvalue weighted by Gasteiger charge is -2.30. The second kappa shape index (κ2) is 21.3. The zero-order chi connectivity index (χ0) is 33.0. The fraction of sp³-hybridized carbons (Fsp3) is 0.590. The predicted molar refractivity (Wildman–Crippen MR) is 190 cm³/mol. The van der Waals surface area contributed by atoms with Gasteiger partial charge in [0.05, 0.1) is 25.0 Å². The predicted octanol–water partition coefficient (Wildman–Crippen LogP) is 9.09. The lowest BCUT2D eigenvalue weighted by Crippen LogP contribution is -2.33. The molecule has 0 saturated heterocycles. The maximum Gasteiger partial charge on any atom is 0.318 e. The van der Waals surface area contributed by atoms with E-state index < -0.39 is 0 Å². The van der Waals surface area contributed by atoms with Crippen LogP contribution in [-0.2, 0) is 24.0 Å². The lowest BCUT2D eigenvalue weighted by atomic mass is 9.97. The Bertz CT molecular complexity index is 1350. The van der Waals surface area contributed by atoms with E-state index in [-0.39, 0.29) is 5.92 Å². The molecule has 46 heavy (non-hydrogen) atoms. The molecule has 0 bridgehead atoms. The van der Waals surface area contributed by atoms with Gasteiger partial charge in [-0.05, 0) is 86.6 Å². The topological polar surface area (TPSA) is 84.2 Å². The summed E-state index contributed by atoms with van der Waals surface area (Å²) in [5.41, 5.74) is 3.68. The number of unbranched alkanes of at least 4 members (excludes halogenated alkanes) is 2. The molecule has 0 aliphatic carbocycles. The van der Waals surface area contributed by atoms with Gasteiger partial charge in [0.1, 0.15) is 5.82 Å². The number of pyridine rings is 1. The minimum absolute atomic E-state index is 0.232. The van der Waals surface area contributed by atoms with Crippen molar-refractivity contribution in [1.82, 2.24) is 15.0 Å². The van der Waals surface area contributed by atoms with Crippen LogP contribution in [0.2, 0.25) is 0 Å². The number of fused-ring (bicyclic) bond motifs is 1. The van der Waals surface area contributed by atoms with Gasteiger partial charge in [-0.15, -0.1) is 6.58 Å². The highest BCUT2D eigenvalue weighted by molar-refractivity contribution is 5.84. The molecule has 0 aliphatic heterocycles. The van der Waals surface area contributed by atoms with Gasteiger partial charge in [-0.25, -0.2) is 0 Å². The third-order valence-corrected chi connectivity index (χ3v) is 8.62. The molecule has 2 aromatic heterocycles. The molecule has 0 aliphatic rings. The summed E-state index contributed by atoms with van der Waals surface area (Å²) < 4.78 is 11.9. The summed E-state index contributed by atoms with van der Waals surface area (Å²) in [4.78, 5) is 16.8. The first-order valence-electron chi connectivity index (χ1n) is 17.7. The van der Waals surface area contributed by atoms with Gasteiger partial charge in [0.15, 0.2) is 0 Å². The van der Waals surface area contributed by atoms with Gasteiger partial charge in [0.25, 0.3) is 0 Å². The largest absolute Gasteiger partial charge is 0.463 e. The van der Waals surface area contributed by atoms with E-state index in [4.69, 9.17) is 19.4 Å². The van der Waals surface area contributed by atoms with Crippen molar-refractivity contribution in [2.24, 2.45) is 11.8 Å². The van der Waals surface area contributed by atoms with Crippen LogP contribution in [0.15, 0.2) is 49.3 Å². The molecule has 0 amide bonds. The Morgan fingerprint density at radius 1 is 1.02 bits per heavy atom. The van der Waals surface area contributed by atoms with E-state index in [2.05, 4.69) is 74.5 Å². The molecule has 0 radical (unpaired) electrons. The number of nitriles is 1. The van der Waals surface area contributed by atoms with Gasteiger partial charge in [-0.2, -0.15) is 15.2 Å². The van der Waals surface area contributed by atoms with Gasteiger partial charge in [0, 0.05) is 49.5 Å². The van der Waals surface area contributed by atoms with E-state index >= 15 is 0 Å². The quantitative estimate of drug-likeness (QED) is 0.0723. The van der Waals surface area contributed by atoms with Gasteiger partial charge >= 0.3 is 6.01 Å². The third-order valence-electron chi connectivity index (χ3n) is 8.62. The number of hydrogen-bond acceptors (Lipinski definition) is 7. The molecule has 2 heterocycles. The standard InChI is InChI=1S/C39H57N5O2/c1-6-10-15-31(5)30-46-39-42-37(9-4)36(20-12-11-17-33-18-13-19-34-28-41-24-22-35(33)34)38(43-39)44(25-7-2)29-32(21-23-40)16-14-27-45-26-8-3/h8,13,18-19,22,24,28,31-32H,3,6-7,9-12,14-17,20-21,25-27,29-30H2,1-2,4-5H3/t31-,32?/m0/s1. The number of anilines is 1. The Balaban J connectivity index is 1.85. The number of benzene rings is 1. The molecular formula is C39H57N5O2. The molecule has 7 heteroatoms. The summed E-state index contributed by atoms with van der Waals surface area (Å²) in [5.74, 6) is 1.68. The molecule has 3 rings (SSSR count). The fourth-order valence-electron chi connectivity index (χ4n) is 6.14. The highest BCUT2D eigenvalue weighted by atomic mass is 16.5. The second-order valence-corrected chi connectivity index (χ2v) is 12.6. The van der Waals surface area contributed by atoms with E-state index in [9.17, 15) is 5.26 Å². The summed E-state index contributed by atoms with van der Waals surface area (Å²) in [6.45, 7) is 16.1. The summed E-state index contributed by atoms with van der Waals surface area (Å²) >= 11 is 0. The molecule has 7 nitrogen and oxygen atoms in total. The van der Waals surface area contributed by atoms with Crippen LogP contribution in [0.4, 0.5) is 5.82 Å². The first-order chi connectivity index (χ1) is 22.5. The second-order valence-electron chi connectivity index (χ2n) is 12.6. The van der Waals surface area contributed by atoms with Crippen LogP contribution >= 0.6 is 0 Å². The van der Waals surface area contributed by atoms with Crippen LogP contribution in [0.3, 0.4) is 0 Å². The lowest BCUT2D eigenvalue weighted by molar-refractivity contribution is 0.153. The molecule has 2 atom stereocenters. The minimum atomic E-state index is 0.232. The number of hydrogen-bond donors (Lipinski definition) is 0. The maximum atomic E-state index is 9.70. The van der Waals surface area contributed by atoms with Crippen molar-refractivity contribution in [3.63, 3.8) is 0 Å².